The van der Waals surface area contributed by atoms with Crippen LogP contribution in [0.5, 0.6) is 0 Å². The molecule has 23 heavy (non-hydrogen) atoms. The lowest BCUT2D eigenvalue weighted by molar-refractivity contribution is -0.126. The molecule has 1 heterocycles. The van der Waals surface area contributed by atoms with Crippen LogP contribution in [0.1, 0.15) is 18.4 Å². The molecule has 1 aliphatic heterocycles. The van der Waals surface area contributed by atoms with Gasteiger partial charge in [0, 0.05) is 23.1 Å². The molecule has 1 N–H and O–H groups in total. The number of hydrogen-bond donors (Lipinski definition) is 1. The molecule has 1 atom stereocenters. The molecule has 126 valence electrons. The van der Waals surface area contributed by atoms with Crippen molar-refractivity contribution in [1.82, 2.24) is 9.73 Å². The fourth-order valence-corrected chi connectivity index (χ4v) is 3.57. The Kier molecular flexibility index (Phi) is 5.88. The van der Waals surface area contributed by atoms with Crippen LogP contribution < -0.4 is 5.43 Å². The summed E-state index contributed by atoms with van der Waals surface area (Å²) in [4.78, 5) is 12.1. The Balaban J connectivity index is 1.95. The number of rotatable bonds is 4. The molecule has 0 bridgehead atoms. The molecule has 0 unspecified atom stereocenters. The minimum Gasteiger partial charge on any atom is -0.273 e. The van der Waals surface area contributed by atoms with Crippen molar-refractivity contribution in [3.05, 3.63) is 34.1 Å². The fourth-order valence-electron chi connectivity index (χ4n) is 2.32. The van der Waals surface area contributed by atoms with Gasteiger partial charge in [0.15, 0.2) is 0 Å². The van der Waals surface area contributed by atoms with Gasteiger partial charge in [0.1, 0.15) is 5.82 Å². The molecule has 0 saturated carbocycles. The Hall–Kier alpha value is -1.32. The van der Waals surface area contributed by atoms with Gasteiger partial charge in [0.05, 0.1) is 18.4 Å². The molecular formula is C14H17BrFN3O3S. The van der Waals surface area contributed by atoms with E-state index in [0.717, 1.165) is 6.26 Å². The molecule has 6 nitrogen and oxygen atoms in total. The number of carbonyl (C=O) groups is 1. The van der Waals surface area contributed by atoms with Gasteiger partial charge in [-0.2, -0.15) is 5.10 Å². The van der Waals surface area contributed by atoms with Crippen molar-refractivity contribution in [3.8, 4) is 0 Å². The summed E-state index contributed by atoms with van der Waals surface area (Å²) in [5.74, 6) is -1.28. The first-order valence-electron chi connectivity index (χ1n) is 7.00. The zero-order valence-electron chi connectivity index (χ0n) is 12.5. The van der Waals surface area contributed by atoms with Crippen LogP contribution in [0, 0.1) is 11.7 Å². The van der Waals surface area contributed by atoms with E-state index < -0.39 is 21.8 Å². The number of carbonyl (C=O) groups excluding carboxylic acids is 1. The monoisotopic (exact) mass is 405 g/mol. The zero-order valence-corrected chi connectivity index (χ0v) is 14.9. The third-order valence-corrected chi connectivity index (χ3v) is 5.33. The van der Waals surface area contributed by atoms with Crippen LogP contribution in [0.2, 0.25) is 0 Å². The van der Waals surface area contributed by atoms with E-state index in [2.05, 4.69) is 26.5 Å². The number of hydrazone groups is 1. The maximum absolute atomic E-state index is 13.6. The Bertz CT molecular complexity index is 724. The SMILES string of the molecule is CS(=O)(=O)N1CCC[C@@H](C(=O)N/N=C\c2ccc(Br)cc2F)C1. The van der Waals surface area contributed by atoms with Crippen molar-refractivity contribution in [2.75, 3.05) is 19.3 Å². The summed E-state index contributed by atoms with van der Waals surface area (Å²) < 4.78 is 38.6. The highest BCUT2D eigenvalue weighted by Gasteiger charge is 2.29. The van der Waals surface area contributed by atoms with E-state index in [1.165, 1.54) is 22.7 Å². The van der Waals surface area contributed by atoms with Gasteiger partial charge < -0.3 is 0 Å². The standard InChI is InChI=1S/C14H17BrFN3O3S/c1-23(21,22)19-6-2-3-11(9-19)14(20)18-17-8-10-4-5-12(15)7-13(10)16/h4-5,7-8,11H,2-3,6,9H2,1H3,(H,18,20)/b17-8-/t11-/m1/s1. The Morgan fingerprint density at radius 3 is 2.91 bits per heavy atom. The molecule has 1 aromatic rings. The van der Waals surface area contributed by atoms with Crippen LogP contribution in [-0.2, 0) is 14.8 Å². The van der Waals surface area contributed by atoms with E-state index in [4.69, 9.17) is 0 Å². The number of amides is 1. The molecule has 1 fully saturated rings. The lowest BCUT2D eigenvalue weighted by Gasteiger charge is -2.29. The van der Waals surface area contributed by atoms with Gasteiger partial charge in [-0.25, -0.2) is 22.5 Å². The average molecular weight is 406 g/mol. The summed E-state index contributed by atoms with van der Waals surface area (Å²) >= 11 is 3.15. The van der Waals surface area contributed by atoms with Gasteiger partial charge >= 0.3 is 0 Å². The summed E-state index contributed by atoms with van der Waals surface area (Å²) in [6.45, 7) is 0.572. The Labute approximate surface area is 142 Å². The van der Waals surface area contributed by atoms with Crippen LogP contribution >= 0.6 is 15.9 Å². The quantitative estimate of drug-likeness (QED) is 0.611. The van der Waals surface area contributed by atoms with Crippen LogP contribution in [0.25, 0.3) is 0 Å². The molecule has 1 aromatic carbocycles. The van der Waals surface area contributed by atoms with Crippen LogP contribution in [0.4, 0.5) is 4.39 Å². The molecule has 0 radical (unpaired) electrons. The molecule has 1 amide bonds. The minimum atomic E-state index is -3.30. The predicted octanol–water partition coefficient (Wildman–Crippen LogP) is 1.71. The lowest BCUT2D eigenvalue weighted by Crippen LogP contribution is -2.44. The topological polar surface area (TPSA) is 78.8 Å². The summed E-state index contributed by atoms with van der Waals surface area (Å²) in [5.41, 5.74) is 2.59. The van der Waals surface area contributed by atoms with Crippen LogP contribution in [-0.4, -0.2) is 44.2 Å². The maximum atomic E-state index is 13.6. The van der Waals surface area contributed by atoms with Crippen molar-refractivity contribution in [1.29, 1.82) is 0 Å². The number of hydrogen-bond acceptors (Lipinski definition) is 4. The van der Waals surface area contributed by atoms with E-state index in [1.807, 2.05) is 0 Å². The average Bonchev–Trinajstić information content (AvgIpc) is 2.48. The fraction of sp³-hybridized carbons (Fsp3) is 0.429. The van der Waals surface area contributed by atoms with Gasteiger partial charge in [-0.05, 0) is 31.0 Å². The van der Waals surface area contributed by atoms with Crippen molar-refractivity contribution in [3.63, 3.8) is 0 Å². The van der Waals surface area contributed by atoms with Crippen molar-refractivity contribution in [2.24, 2.45) is 11.0 Å². The summed E-state index contributed by atoms with van der Waals surface area (Å²) in [5, 5.41) is 3.75. The second-order valence-electron chi connectivity index (χ2n) is 5.36. The Morgan fingerprint density at radius 1 is 1.52 bits per heavy atom. The highest BCUT2D eigenvalue weighted by Crippen LogP contribution is 2.19. The number of piperidine rings is 1. The van der Waals surface area contributed by atoms with Crippen molar-refractivity contribution >= 4 is 38.1 Å². The highest BCUT2D eigenvalue weighted by atomic mass is 79.9. The minimum absolute atomic E-state index is 0.146. The second kappa shape index (κ2) is 7.50. The van der Waals surface area contributed by atoms with Crippen LogP contribution in [0.3, 0.4) is 0 Å². The molecule has 1 saturated heterocycles. The summed E-state index contributed by atoms with van der Waals surface area (Å²) in [6.07, 6.45) is 3.56. The highest BCUT2D eigenvalue weighted by molar-refractivity contribution is 9.10. The Morgan fingerprint density at radius 2 is 2.26 bits per heavy atom. The first-order valence-corrected chi connectivity index (χ1v) is 9.64. The summed E-state index contributed by atoms with van der Waals surface area (Å²) in [6, 6.07) is 4.49. The smallest absolute Gasteiger partial charge is 0.244 e. The molecule has 0 spiro atoms. The van der Waals surface area contributed by atoms with Crippen molar-refractivity contribution in [2.45, 2.75) is 12.8 Å². The normalized spacial score (nSPS) is 19.9. The van der Waals surface area contributed by atoms with Gasteiger partial charge in [0.2, 0.25) is 15.9 Å². The first-order chi connectivity index (χ1) is 10.8. The zero-order chi connectivity index (χ0) is 17.0. The third-order valence-electron chi connectivity index (χ3n) is 3.56. The van der Waals surface area contributed by atoms with Crippen LogP contribution in [0.15, 0.2) is 27.8 Å². The number of benzene rings is 1. The molecule has 0 aromatic heterocycles. The van der Waals surface area contributed by atoms with E-state index in [9.17, 15) is 17.6 Å². The van der Waals surface area contributed by atoms with E-state index in [1.54, 1.807) is 6.07 Å². The van der Waals surface area contributed by atoms with E-state index in [-0.39, 0.29) is 18.0 Å². The van der Waals surface area contributed by atoms with E-state index >= 15 is 0 Å². The maximum Gasteiger partial charge on any atom is 0.244 e. The predicted molar refractivity (Wildman–Crippen MR) is 89.0 cm³/mol. The number of sulfonamides is 1. The van der Waals surface area contributed by atoms with Crippen molar-refractivity contribution < 1.29 is 17.6 Å². The van der Waals surface area contributed by atoms with Gasteiger partial charge in [-0.3, -0.25) is 4.79 Å². The van der Waals surface area contributed by atoms with E-state index in [0.29, 0.717) is 23.9 Å². The lowest BCUT2D eigenvalue weighted by atomic mass is 9.99. The first kappa shape index (κ1) is 18.0. The molecule has 1 aliphatic rings. The van der Waals surface area contributed by atoms with Gasteiger partial charge in [0.25, 0.3) is 0 Å². The second-order valence-corrected chi connectivity index (χ2v) is 8.26. The van der Waals surface area contributed by atoms with Gasteiger partial charge in [-0.15, -0.1) is 0 Å². The summed E-state index contributed by atoms with van der Waals surface area (Å²) in [7, 11) is -3.30. The number of halogens is 2. The molecule has 2 rings (SSSR count). The molecule has 9 heteroatoms. The third kappa shape index (κ3) is 5.08. The number of nitrogens with zero attached hydrogens (tertiary/aromatic N) is 2. The van der Waals surface area contributed by atoms with Gasteiger partial charge in [-0.1, -0.05) is 15.9 Å². The largest absolute Gasteiger partial charge is 0.273 e. The molecule has 0 aliphatic carbocycles. The molecular weight excluding hydrogens is 389 g/mol. The number of nitrogens with one attached hydrogen (secondary N) is 1.